The topological polar surface area (TPSA) is 66.8 Å². The Labute approximate surface area is 63.7 Å². The molecule has 0 unspecified atom stereocenters. The van der Waals surface area contributed by atoms with Crippen molar-refractivity contribution in [3.63, 3.8) is 0 Å². The molecule has 0 heterocycles. The van der Waals surface area contributed by atoms with Crippen molar-refractivity contribution in [2.24, 2.45) is 0 Å². The van der Waals surface area contributed by atoms with Crippen molar-refractivity contribution in [1.29, 1.82) is 0 Å². The van der Waals surface area contributed by atoms with Crippen molar-refractivity contribution in [3.8, 4) is 0 Å². The van der Waals surface area contributed by atoms with Crippen LogP contribution in [0.25, 0.3) is 0 Å². The predicted molar refractivity (Wildman–Crippen MR) is 15.3 cm³/mol. The molecule has 0 aliphatic heterocycles. The second-order valence-corrected chi connectivity index (χ2v) is 1.68. The van der Waals surface area contributed by atoms with Gasteiger partial charge in [0.2, 0.25) is 0 Å². The van der Waals surface area contributed by atoms with Crippen molar-refractivity contribution >= 4 is 7.82 Å². The fourth-order valence-electron chi connectivity index (χ4n) is 0. The van der Waals surface area contributed by atoms with Gasteiger partial charge in [-0.2, -0.15) is 0 Å². The van der Waals surface area contributed by atoms with E-state index in [4.69, 9.17) is 14.4 Å². The van der Waals surface area contributed by atoms with Crippen LogP contribution in [0.15, 0.2) is 0 Å². The number of hydrogen-bond acceptors (Lipinski definition) is 2. The van der Waals surface area contributed by atoms with Gasteiger partial charge in [0.1, 0.15) is 0 Å². The van der Waals surface area contributed by atoms with E-state index in [0.717, 1.165) is 0 Å². The SMILES string of the molecule is O=P(O)(O)OF.[F][U]. The first kappa shape index (κ1) is 11.8. The predicted octanol–water partition coefficient (Wildman–Crippen LogP) is 0.400. The second kappa shape index (κ2) is 6.15. The van der Waals surface area contributed by atoms with Crippen molar-refractivity contribution < 1.29 is 55.8 Å². The Balaban J connectivity index is 0. The van der Waals surface area contributed by atoms with Gasteiger partial charge >= 0.3 is 40.0 Å². The third kappa shape index (κ3) is 15.7. The summed E-state index contributed by atoms with van der Waals surface area (Å²) < 4.78 is 31.1. The number of halogens is 2. The van der Waals surface area contributed by atoms with Crippen LogP contribution in [0.2, 0.25) is 0 Å². The van der Waals surface area contributed by atoms with E-state index in [1.165, 1.54) is 0 Å². The van der Waals surface area contributed by atoms with Crippen LogP contribution >= 0.6 is 7.82 Å². The molecular formula is H2F2O4PU. The van der Waals surface area contributed by atoms with Gasteiger partial charge in [-0.3, -0.25) is 0 Å². The van der Waals surface area contributed by atoms with Crippen LogP contribution in [0.4, 0.5) is 6.63 Å². The summed E-state index contributed by atoms with van der Waals surface area (Å²) >= 11 is -0.342. The quantitative estimate of drug-likeness (QED) is 0.654. The van der Waals surface area contributed by atoms with E-state index in [-0.39, 0.29) is 30.1 Å². The normalized spacial score (nSPS) is 9.75. The molecule has 0 amide bonds. The Kier molecular flexibility index (Phi) is 9.05. The van der Waals surface area contributed by atoms with E-state index < -0.39 is 7.82 Å². The summed E-state index contributed by atoms with van der Waals surface area (Å²) in [4.78, 5) is 14.7. The van der Waals surface area contributed by atoms with Crippen LogP contribution in [0.5, 0.6) is 0 Å². The zero-order chi connectivity index (χ0) is 7.21. The molecule has 2 N–H and O–H groups in total. The van der Waals surface area contributed by atoms with Gasteiger partial charge in [0.05, 0.1) is 0 Å². The van der Waals surface area contributed by atoms with Crippen LogP contribution in [-0.2, 0) is 9.29 Å². The molecule has 0 saturated heterocycles. The zero-order valence-electron chi connectivity index (χ0n) is 3.41. The van der Waals surface area contributed by atoms with Crippen LogP contribution in [0.1, 0.15) is 0 Å². The number of phosphoric acid groups is 1. The van der Waals surface area contributed by atoms with Gasteiger partial charge in [-0.1, -0.05) is 4.73 Å². The van der Waals surface area contributed by atoms with Gasteiger partial charge in [0, 0.05) is 0 Å². The van der Waals surface area contributed by atoms with Gasteiger partial charge < -0.3 is 9.79 Å². The number of hydrogen-bond donors (Lipinski definition) is 2. The van der Waals surface area contributed by atoms with Gasteiger partial charge in [-0.25, -0.2) is 4.57 Å². The van der Waals surface area contributed by atoms with Crippen molar-refractivity contribution in [1.82, 2.24) is 0 Å². The summed E-state index contributed by atoms with van der Waals surface area (Å²) in [5.41, 5.74) is 0. The Hall–Kier alpha value is 1.02. The molecule has 0 aromatic heterocycles. The average molecular weight is 373 g/mol. The average Bonchev–Trinajstić information content (AvgIpc) is 1.71. The standard InChI is InChI=1S/FH2O4P.FH.U/c1-5-6(2,3)4;;/h(H2,2,3,4);1H;/q;;+1/p-1. The van der Waals surface area contributed by atoms with Crippen LogP contribution in [-0.4, -0.2) is 9.79 Å². The van der Waals surface area contributed by atoms with Crippen LogP contribution in [0.3, 0.4) is 0 Å². The summed E-state index contributed by atoms with van der Waals surface area (Å²) in [5.74, 6) is 0. The molecule has 0 aromatic rings. The first-order chi connectivity index (χ1) is 3.56. The molecule has 49 valence electrons. The molecule has 0 bridgehead atoms. The maximum absolute atomic E-state index is 10.2. The molecular weight excluding hydrogens is 371 g/mol. The summed E-state index contributed by atoms with van der Waals surface area (Å²) in [5, 5.41) is 0. The molecule has 0 aliphatic carbocycles. The molecule has 8 heavy (non-hydrogen) atoms. The van der Waals surface area contributed by atoms with Gasteiger partial charge in [-0.15, -0.1) is 0 Å². The Morgan fingerprint density at radius 3 is 1.62 bits per heavy atom. The van der Waals surface area contributed by atoms with Crippen molar-refractivity contribution in [2.45, 2.75) is 0 Å². The van der Waals surface area contributed by atoms with E-state index >= 15 is 0 Å². The summed E-state index contributed by atoms with van der Waals surface area (Å²) in [6.45, 7) is 0. The van der Waals surface area contributed by atoms with Crippen LogP contribution < -0.4 is 0 Å². The van der Waals surface area contributed by atoms with E-state index in [2.05, 4.69) is 4.73 Å². The first-order valence-electron chi connectivity index (χ1n) is 1.11. The van der Waals surface area contributed by atoms with Gasteiger partial charge in [-0.05, 0) is 4.53 Å². The fraction of sp³-hybridized carbons (Fsp3) is 0. The summed E-state index contributed by atoms with van der Waals surface area (Å²) in [6.07, 6.45) is 0. The minimum atomic E-state index is -4.81. The molecule has 0 atom stereocenters. The van der Waals surface area contributed by atoms with Crippen molar-refractivity contribution in [3.05, 3.63) is 0 Å². The van der Waals surface area contributed by atoms with Crippen LogP contribution in [0, 0.1) is 30.1 Å². The minimum absolute atomic E-state index is 0.342. The third-order valence-electron chi connectivity index (χ3n) is 0.0899. The van der Waals surface area contributed by atoms with E-state index in [0.29, 0.717) is 0 Å². The second-order valence-electron chi connectivity index (χ2n) is 0.560. The third-order valence-corrected chi connectivity index (χ3v) is 0.270. The molecule has 0 rings (SSSR count). The zero-order valence-corrected chi connectivity index (χ0v) is 8.47. The molecule has 0 aliphatic rings. The Morgan fingerprint density at radius 2 is 1.62 bits per heavy atom. The number of rotatable bonds is 1. The molecule has 0 fully saturated rings. The van der Waals surface area contributed by atoms with E-state index in [9.17, 15) is 6.63 Å². The van der Waals surface area contributed by atoms with Gasteiger partial charge in [0.25, 0.3) is 0 Å². The molecule has 0 saturated carbocycles. The molecule has 0 spiro atoms. The summed E-state index contributed by atoms with van der Waals surface area (Å²) in [6, 6.07) is 0. The first-order valence-corrected chi connectivity index (χ1v) is 4.21. The van der Waals surface area contributed by atoms with E-state index in [1.54, 1.807) is 0 Å². The molecule has 0 aromatic carbocycles. The molecule has 8 heteroatoms. The fourth-order valence-corrected chi connectivity index (χ4v) is 0. The Bertz CT molecular complexity index is 78.1. The molecule has 4 nitrogen and oxygen atoms in total. The molecule has 0 radical (unpaired) electrons. The summed E-state index contributed by atoms with van der Waals surface area (Å²) in [7, 11) is -4.81. The van der Waals surface area contributed by atoms with E-state index in [1.807, 2.05) is 0 Å². The van der Waals surface area contributed by atoms with Gasteiger partial charge in [0.15, 0.2) is 0 Å². The monoisotopic (exact) mass is 373 g/mol. The van der Waals surface area contributed by atoms with Crippen molar-refractivity contribution in [2.75, 3.05) is 0 Å². The Morgan fingerprint density at radius 1 is 1.50 bits per heavy atom. The maximum atomic E-state index is 10.2.